The van der Waals surface area contributed by atoms with Crippen LogP contribution in [-0.4, -0.2) is 27.1 Å². The lowest BCUT2D eigenvalue weighted by Crippen LogP contribution is -2.02. The second-order valence-electron chi connectivity index (χ2n) is 4.00. The number of carbonyl (C=O) groups is 2. The highest BCUT2D eigenvalue weighted by molar-refractivity contribution is 5.94. The average Bonchev–Trinajstić information content (AvgIpc) is 2.48. The standard InChI is InChI=1S/C7H6N2O4.C7H6O2/c8-6-3-4(9(12)13)1-2-5(6)7(10)11;8-7(9)6-4-2-1-3-5-6/h1-3H,8H2,(H,10,11);1-5H,(H,8,9). The van der Waals surface area contributed by atoms with Gasteiger partial charge in [-0.2, -0.15) is 0 Å². The molecule has 2 aromatic carbocycles. The van der Waals surface area contributed by atoms with Crippen LogP contribution in [0.2, 0.25) is 0 Å². The Morgan fingerprint density at radius 2 is 1.59 bits per heavy atom. The Hall–Kier alpha value is -3.42. The lowest BCUT2D eigenvalue weighted by molar-refractivity contribution is -0.384. The van der Waals surface area contributed by atoms with Crippen LogP contribution in [0.4, 0.5) is 11.4 Å². The number of rotatable bonds is 3. The van der Waals surface area contributed by atoms with Crippen molar-refractivity contribution in [1.82, 2.24) is 0 Å². The molecule has 114 valence electrons. The van der Waals surface area contributed by atoms with Crippen LogP contribution in [0.1, 0.15) is 20.7 Å². The SMILES string of the molecule is Nc1cc([N+](=O)[O-])ccc1C(=O)O.O=C(O)c1ccccc1. The predicted molar refractivity (Wildman–Crippen MR) is 77.9 cm³/mol. The second kappa shape index (κ2) is 7.39. The van der Waals surface area contributed by atoms with E-state index in [-0.39, 0.29) is 16.9 Å². The van der Waals surface area contributed by atoms with Crippen LogP contribution in [-0.2, 0) is 0 Å². The number of hydrogen-bond donors (Lipinski definition) is 3. The lowest BCUT2D eigenvalue weighted by Gasteiger charge is -1.98. The molecule has 0 aromatic heterocycles. The number of non-ortho nitro benzene ring substituents is 1. The third-order valence-electron chi connectivity index (χ3n) is 2.50. The van der Waals surface area contributed by atoms with Crippen molar-refractivity contribution in [3.8, 4) is 0 Å². The fourth-order valence-electron chi connectivity index (χ4n) is 1.44. The van der Waals surface area contributed by atoms with Gasteiger partial charge in [0, 0.05) is 12.1 Å². The molecule has 0 fully saturated rings. The fourth-order valence-corrected chi connectivity index (χ4v) is 1.44. The van der Waals surface area contributed by atoms with Gasteiger partial charge in [-0.1, -0.05) is 18.2 Å². The minimum Gasteiger partial charge on any atom is -0.478 e. The van der Waals surface area contributed by atoms with Crippen LogP contribution in [0.15, 0.2) is 48.5 Å². The van der Waals surface area contributed by atoms with E-state index >= 15 is 0 Å². The molecule has 0 atom stereocenters. The van der Waals surface area contributed by atoms with Crippen LogP contribution < -0.4 is 5.73 Å². The number of anilines is 1. The van der Waals surface area contributed by atoms with Crippen molar-refractivity contribution >= 4 is 23.3 Å². The smallest absolute Gasteiger partial charge is 0.337 e. The number of benzene rings is 2. The summed E-state index contributed by atoms with van der Waals surface area (Å²) >= 11 is 0. The third kappa shape index (κ3) is 4.60. The normalized spacial score (nSPS) is 9.27. The maximum atomic E-state index is 10.5. The lowest BCUT2D eigenvalue weighted by atomic mass is 10.1. The number of hydrogen-bond acceptors (Lipinski definition) is 5. The van der Waals surface area contributed by atoms with E-state index in [1.165, 1.54) is 0 Å². The molecule has 0 bridgehead atoms. The van der Waals surface area contributed by atoms with Gasteiger partial charge in [-0.25, -0.2) is 9.59 Å². The molecule has 0 aliphatic carbocycles. The zero-order chi connectivity index (χ0) is 16.7. The van der Waals surface area contributed by atoms with E-state index in [2.05, 4.69) is 0 Å². The largest absolute Gasteiger partial charge is 0.478 e. The number of nitrogens with two attached hydrogens (primary N) is 1. The number of nitrogen functional groups attached to an aromatic ring is 1. The molecule has 22 heavy (non-hydrogen) atoms. The molecule has 4 N–H and O–H groups in total. The van der Waals surface area contributed by atoms with Gasteiger partial charge in [0.15, 0.2) is 0 Å². The topological polar surface area (TPSA) is 144 Å². The number of aromatic carboxylic acids is 2. The quantitative estimate of drug-likeness (QED) is 0.448. The summed E-state index contributed by atoms with van der Waals surface area (Å²) in [7, 11) is 0. The summed E-state index contributed by atoms with van der Waals surface area (Å²) in [6.45, 7) is 0. The zero-order valence-electron chi connectivity index (χ0n) is 11.2. The van der Waals surface area contributed by atoms with E-state index in [4.69, 9.17) is 15.9 Å². The van der Waals surface area contributed by atoms with Crippen LogP contribution in [0.3, 0.4) is 0 Å². The first-order chi connectivity index (χ1) is 10.3. The highest BCUT2D eigenvalue weighted by Crippen LogP contribution is 2.19. The molecule has 0 saturated heterocycles. The molecular formula is C14H12N2O6. The van der Waals surface area contributed by atoms with Crippen LogP contribution in [0, 0.1) is 10.1 Å². The molecular weight excluding hydrogens is 292 g/mol. The molecule has 8 nitrogen and oxygen atoms in total. The zero-order valence-corrected chi connectivity index (χ0v) is 11.2. The van der Waals surface area contributed by atoms with Gasteiger partial charge in [-0.15, -0.1) is 0 Å². The van der Waals surface area contributed by atoms with E-state index in [0.717, 1.165) is 18.2 Å². The van der Waals surface area contributed by atoms with E-state index in [9.17, 15) is 19.7 Å². The van der Waals surface area contributed by atoms with Crippen molar-refractivity contribution in [1.29, 1.82) is 0 Å². The molecule has 0 aliphatic rings. The van der Waals surface area contributed by atoms with Gasteiger partial charge in [0.25, 0.3) is 5.69 Å². The summed E-state index contributed by atoms with van der Waals surface area (Å²) < 4.78 is 0. The van der Waals surface area contributed by atoms with Crippen molar-refractivity contribution in [2.75, 3.05) is 5.73 Å². The molecule has 8 heteroatoms. The Labute approximate surface area is 124 Å². The number of carboxylic acid groups (broad SMARTS) is 2. The van der Waals surface area contributed by atoms with Gasteiger partial charge in [-0.3, -0.25) is 10.1 Å². The van der Waals surface area contributed by atoms with Crippen molar-refractivity contribution in [2.24, 2.45) is 0 Å². The number of nitro groups is 1. The predicted octanol–water partition coefficient (Wildman–Crippen LogP) is 2.26. The van der Waals surface area contributed by atoms with Crippen LogP contribution in [0.5, 0.6) is 0 Å². The summed E-state index contributed by atoms with van der Waals surface area (Å²) in [5.74, 6) is -2.08. The molecule has 0 unspecified atom stereocenters. The van der Waals surface area contributed by atoms with E-state index in [1.54, 1.807) is 30.3 Å². The summed E-state index contributed by atoms with van der Waals surface area (Å²) in [6, 6.07) is 11.5. The van der Waals surface area contributed by atoms with Gasteiger partial charge >= 0.3 is 11.9 Å². The van der Waals surface area contributed by atoms with Crippen molar-refractivity contribution in [3.63, 3.8) is 0 Å². The summed E-state index contributed by atoms with van der Waals surface area (Å²) in [5.41, 5.74) is 5.14. The van der Waals surface area contributed by atoms with E-state index in [1.807, 2.05) is 0 Å². The Kier molecular flexibility index (Phi) is 5.58. The van der Waals surface area contributed by atoms with Gasteiger partial charge in [0.2, 0.25) is 0 Å². The highest BCUT2D eigenvalue weighted by Gasteiger charge is 2.12. The Morgan fingerprint density at radius 3 is 1.95 bits per heavy atom. The van der Waals surface area contributed by atoms with Crippen LogP contribution in [0.25, 0.3) is 0 Å². The molecule has 0 aliphatic heterocycles. The summed E-state index contributed by atoms with van der Waals surface area (Å²) in [5, 5.41) is 27.2. The van der Waals surface area contributed by atoms with Crippen molar-refractivity contribution < 1.29 is 24.7 Å². The fraction of sp³-hybridized carbons (Fsp3) is 0. The molecule has 2 aromatic rings. The molecule has 0 saturated carbocycles. The maximum absolute atomic E-state index is 10.5. The molecule has 2 rings (SSSR count). The minimum atomic E-state index is -1.20. The monoisotopic (exact) mass is 304 g/mol. The molecule has 0 spiro atoms. The van der Waals surface area contributed by atoms with Crippen molar-refractivity contribution in [3.05, 3.63) is 69.8 Å². The van der Waals surface area contributed by atoms with Gasteiger partial charge < -0.3 is 15.9 Å². The first-order valence-electron chi connectivity index (χ1n) is 5.88. The maximum Gasteiger partial charge on any atom is 0.337 e. The van der Waals surface area contributed by atoms with Gasteiger partial charge in [0.1, 0.15) is 0 Å². The Bertz CT molecular complexity index is 700. The van der Waals surface area contributed by atoms with Gasteiger partial charge in [-0.05, 0) is 18.2 Å². The highest BCUT2D eigenvalue weighted by atomic mass is 16.6. The van der Waals surface area contributed by atoms with E-state index < -0.39 is 16.9 Å². The average molecular weight is 304 g/mol. The summed E-state index contributed by atoms with van der Waals surface area (Å²) in [4.78, 5) is 30.3. The summed E-state index contributed by atoms with van der Waals surface area (Å²) in [6.07, 6.45) is 0. The minimum absolute atomic E-state index is 0.110. The first-order valence-corrected chi connectivity index (χ1v) is 5.88. The molecule has 0 heterocycles. The Morgan fingerprint density at radius 1 is 1.00 bits per heavy atom. The second-order valence-corrected chi connectivity index (χ2v) is 4.00. The van der Waals surface area contributed by atoms with Crippen LogP contribution >= 0.6 is 0 Å². The number of nitrogens with zero attached hydrogens (tertiary/aromatic N) is 1. The van der Waals surface area contributed by atoms with Crippen molar-refractivity contribution in [2.45, 2.75) is 0 Å². The molecule has 0 amide bonds. The Balaban J connectivity index is 0.000000235. The van der Waals surface area contributed by atoms with Gasteiger partial charge in [0.05, 0.1) is 21.7 Å². The van der Waals surface area contributed by atoms with E-state index in [0.29, 0.717) is 5.56 Å². The number of nitro benzene ring substituents is 1. The molecule has 0 radical (unpaired) electrons. The third-order valence-corrected chi connectivity index (χ3v) is 2.50. The first kappa shape index (κ1) is 16.6. The number of carboxylic acids is 2.